The van der Waals surface area contributed by atoms with Gasteiger partial charge in [-0.2, -0.15) is 0 Å². The molecular weight excluding hydrogens is 375 g/mol. The highest BCUT2D eigenvalue weighted by Crippen LogP contribution is 2.35. The van der Waals surface area contributed by atoms with Crippen LogP contribution in [-0.2, 0) is 9.59 Å². The number of carbonyl (C=O) groups excluding carboxylic acids is 2. The van der Waals surface area contributed by atoms with Gasteiger partial charge in [0.1, 0.15) is 17.3 Å². The van der Waals surface area contributed by atoms with Crippen LogP contribution in [0.5, 0.6) is 11.5 Å². The summed E-state index contributed by atoms with van der Waals surface area (Å²) in [5.41, 5.74) is 0.919. The molecule has 2 aromatic carbocycles. The molecule has 0 saturated carbocycles. The van der Waals surface area contributed by atoms with Gasteiger partial charge in [0.05, 0.1) is 24.9 Å². The first-order valence-electron chi connectivity index (χ1n) is 8.10. The number of hydrogen-bond donors (Lipinski definition) is 1. The Morgan fingerprint density at radius 2 is 1.74 bits per heavy atom. The second-order valence-corrected chi connectivity index (χ2v) is 6.04. The van der Waals surface area contributed by atoms with Crippen molar-refractivity contribution in [1.82, 2.24) is 0 Å². The molecule has 8 heteroatoms. The van der Waals surface area contributed by atoms with Crippen LogP contribution >= 0.6 is 11.6 Å². The monoisotopic (exact) mass is 394 g/mol. The molecule has 144 valence electrons. The molecule has 0 unspecified atom stereocenters. The molecule has 0 aliphatic carbocycles. The van der Waals surface area contributed by atoms with Crippen LogP contribution in [0.25, 0.3) is 0 Å². The molecule has 27 heavy (non-hydrogen) atoms. The van der Waals surface area contributed by atoms with E-state index in [-0.39, 0.29) is 24.8 Å². The summed E-state index contributed by atoms with van der Waals surface area (Å²) in [7, 11) is 2.92. The Morgan fingerprint density at radius 3 is 2.30 bits per heavy atom. The summed E-state index contributed by atoms with van der Waals surface area (Å²) in [5, 5.41) is 3.07. The number of anilines is 2. The lowest BCUT2D eigenvalue weighted by atomic mass is 10.2. The van der Waals surface area contributed by atoms with E-state index in [0.717, 1.165) is 0 Å². The third-order valence-electron chi connectivity index (χ3n) is 3.83. The van der Waals surface area contributed by atoms with Gasteiger partial charge in [0.15, 0.2) is 0 Å². The number of benzene rings is 2. The first-order valence-corrected chi connectivity index (χ1v) is 8.48. The SMILES string of the molecule is COc1cc(NC(=O)CCN(C(C)=O)c2ccc(F)cc2)c(OC)cc1Cl. The van der Waals surface area contributed by atoms with Gasteiger partial charge in [0, 0.05) is 37.7 Å². The van der Waals surface area contributed by atoms with Crippen molar-refractivity contribution in [2.24, 2.45) is 0 Å². The van der Waals surface area contributed by atoms with Gasteiger partial charge in [-0.05, 0) is 24.3 Å². The number of rotatable bonds is 7. The molecular formula is C19H20ClFN2O4. The van der Waals surface area contributed by atoms with E-state index in [0.29, 0.717) is 27.9 Å². The van der Waals surface area contributed by atoms with Gasteiger partial charge < -0.3 is 19.7 Å². The fraction of sp³-hybridized carbons (Fsp3) is 0.263. The third-order valence-corrected chi connectivity index (χ3v) is 4.12. The molecule has 0 spiro atoms. The van der Waals surface area contributed by atoms with Gasteiger partial charge in [-0.1, -0.05) is 11.6 Å². The molecule has 0 aliphatic heterocycles. The fourth-order valence-electron chi connectivity index (χ4n) is 2.47. The van der Waals surface area contributed by atoms with Crippen molar-refractivity contribution in [3.63, 3.8) is 0 Å². The lowest BCUT2D eigenvalue weighted by Gasteiger charge is -2.21. The Labute approximate surface area is 161 Å². The maximum Gasteiger partial charge on any atom is 0.226 e. The molecule has 2 amide bonds. The van der Waals surface area contributed by atoms with Crippen LogP contribution in [0.3, 0.4) is 0 Å². The maximum absolute atomic E-state index is 13.1. The summed E-state index contributed by atoms with van der Waals surface area (Å²) in [6, 6.07) is 8.59. The number of methoxy groups -OCH3 is 2. The minimum absolute atomic E-state index is 0.0328. The van der Waals surface area contributed by atoms with Gasteiger partial charge in [0.25, 0.3) is 0 Å². The highest BCUT2D eigenvalue weighted by atomic mass is 35.5. The van der Waals surface area contributed by atoms with E-state index in [2.05, 4.69) is 5.32 Å². The fourth-order valence-corrected chi connectivity index (χ4v) is 2.70. The van der Waals surface area contributed by atoms with Crippen molar-refractivity contribution in [3.05, 3.63) is 47.2 Å². The number of ether oxygens (including phenoxy) is 2. The predicted molar refractivity (Wildman–Crippen MR) is 102 cm³/mol. The van der Waals surface area contributed by atoms with E-state index < -0.39 is 5.82 Å². The summed E-state index contributed by atoms with van der Waals surface area (Å²) in [6.07, 6.45) is 0.0328. The number of hydrogen-bond acceptors (Lipinski definition) is 4. The summed E-state index contributed by atoms with van der Waals surface area (Å²) < 4.78 is 23.4. The molecule has 2 rings (SSSR count). The van der Waals surface area contributed by atoms with Crippen molar-refractivity contribution in [1.29, 1.82) is 0 Å². The average Bonchev–Trinajstić information content (AvgIpc) is 2.64. The second kappa shape index (κ2) is 9.23. The first-order chi connectivity index (χ1) is 12.8. The lowest BCUT2D eigenvalue weighted by Crippen LogP contribution is -2.32. The maximum atomic E-state index is 13.1. The Balaban J connectivity index is 2.08. The average molecular weight is 395 g/mol. The highest BCUT2D eigenvalue weighted by Gasteiger charge is 2.16. The van der Waals surface area contributed by atoms with Crippen molar-refractivity contribution < 1.29 is 23.5 Å². The molecule has 0 fully saturated rings. The van der Waals surface area contributed by atoms with Crippen LogP contribution in [0.15, 0.2) is 36.4 Å². The second-order valence-electron chi connectivity index (χ2n) is 5.63. The van der Waals surface area contributed by atoms with E-state index in [1.54, 1.807) is 6.07 Å². The van der Waals surface area contributed by atoms with Crippen LogP contribution in [0.4, 0.5) is 15.8 Å². The minimum Gasteiger partial charge on any atom is -0.495 e. The van der Waals surface area contributed by atoms with E-state index in [1.165, 1.54) is 56.4 Å². The number of nitrogens with zero attached hydrogens (tertiary/aromatic N) is 1. The summed E-state index contributed by atoms with van der Waals surface area (Å²) in [6.45, 7) is 1.52. The van der Waals surface area contributed by atoms with E-state index in [4.69, 9.17) is 21.1 Å². The zero-order valence-electron chi connectivity index (χ0n) is 15.2. The van der Waals surface area contributed by atoms with Crippen LogP contribution in [0.2, 0.25) is 5.02 Å². The molecule has 6 nitrogen and oxygen atoms in total. The van der Waals surface area contributed by atoms with Crippen LogP contribution in [0.1, 0.15) is 13.3 Å². The van der Waals surface area contributed by atoms with Crippen LogP contribution < -0.4 is 19.7 Å². The summed E-state index contributed by atoms with van der Waals surface area (Å²) in [4.78, 5) is 25.6. The Bertz CT molecular complexity index is 827. The molecule has 0 saturated heterocycles. The molecule has 0 bridgehead atoms. The first kappa shape index (κ1) is 20.5. The van der Waals surface area contributed by atoms with Gasteiger partial charge in [-0.25, -0.2) is 4.39 Å². The molecule has 0 aliphatic rings. The smallest absolute Gasteiger partial charge is 0.226 e. The summed E-state index contributed by atoms with van der Waals surface area (Å²) in [5.74, 6) is -0.199. The highest BCUT2D eigenvalue weighted by molar-refractivity contribution is 6.32. The quantitative estimate of drug-likeness (QED) is 0.773. The topological polar surface area (TPSA) is 67.9 Å². The van der Waals surface area contributed by atoms with Crippen molar-refractivity contribution in [3.8, 4) is 11.5 Å². The molecule has 0 heterocycles. The molecule has 0 radical (unpaired) electrons. The zero-order valence-corrected chi connectivity index (χ0v) is 16.0. The number of amides is 2. The van der Waals surface area contributed by atoms with Gasteiger partial charge in [-0.15, -0.1) is 0 Å². The third kappa shape index (κ3) is 5.34. The lowest BCUT2D eigenvalue weighted by molar-refractivity contribution is -0.117. The Morgan fingerprint density at radius 1 is 1.11 bits per heavy atom. The predicted octanol–water partition coefficient (Wildman–Crippen LogP) is 3.88. The van der Waals surface area contributed by atoms with Gasteiger partial charge >= 0.3 is 0 Å². The Kier molecular flexibility index (Phi) is 7.01. The van der Waals surface area contributed by atoms with E-state index in [9.17, 15) is 14.0 Å². The molecule has 0 atom stereocenters. The zero-order chi connectivity index (χ0) is 20.0. The Hall–Kier alpha value is -2.80. The number of nitrogens with one attached hydrogen (secondary N) is 1. The van der Waals surface area contributed by atoms with Gasteiger partial charge in [0.2, 0.25) is 11.8 Å². The molecule has 0 aromatic heterocycles. The van der Waals surface area contributed by atoms with Crippen LogP contribution in [-0.4, -0.2) is 32.6 Å². The summed E-state index contributed by atoms with van der Waals surface area (Å²) >= 11 is 6.04. The van der Waals surface area contributed by atoms with Crippen molar-refractivity contribution in [2.45, 2.75) is 13.3 Å². The molecule has 1 N–H and O–H groups in total. The van der Waals surface area contributed by atoms with Crippen LogP contribution in [0, 0.1) is 5.82 Å². The van der Waals surface area contributed by atoms with Gasteiger partial charge in [-0.3, -0.25) is 9.59 Å². The van der Waals surface area contributed by atoms with E-state index in [1.807, 2.05) is 0 Å². The molecule has 2 aromatic rings. The minimum atomic E-state index is -0.399. The van der Waals surface area contributed by atoms with E-state index >= 15 is 0 Å². The number of halogens is 2. The normalized spacial score (nSPS) is 10.3. The standard InChI is InChI=1S/C19H20ClFN2O4/c1-12(24)23(14-6-4-13(21)5-7-14)9-8-19(25)22-16-11-17(26-2)15(20)10-18(16)27-3/h4-7,10-11H,8-9H2,1-3H3,(H,22,25). The number of carbonyl (C=O) groups is 2. The largest absolute Gasteiger partial charge is 0.495 e. The van der Waals surface area contributed by atoms with Crippen molar-refractivity contribution in [2.75, 3.05) is 31.0 Å². The van der Waals surface area contributed by atoms with Crippen molar-refractivity contribution >= 4 is 34.8 Å².